The Kier molecular flexibility index (Phi) is 5.72. The van der Waals surface area contributed by atoms with Crippen LogP contribution in [0.25, 0.3) is 0 Å². The van der Waals surface area contributed by atoms with Crippen LogP contribution in [0.15, 0.2) is 0 Å². The Balaban J connectivity index is 2.02. The topological polar surface area (TPSA) is 18.5 Å². The lowest BCUT2D eigenvalue weighted by atomic mass is 9.69. The zero-order valence-corrected chi connectivity index (χ0v) is 15.2. The van der Waals surface area contributed by atoms with Gasteiger partial charge in [0.1, 0.15) is 0 Å². The molecule has 1 saturated carbocycles. The molecule has 1 aliphatic heterocycles. The molecule has 0 aromatic rings. The van der Waals surface area contributed by atoms with E-state index in [0.29, 0.717) is 17.5 Å². The lowest BCUT2D eigenvalue weighted by Crippen LogP contribution is -2.56. The summed E-state index contributed by atoms with van der Waals surface area (Å²) >= 11 is 0. The summed E-state index contributed by atoms with van der Waals surface area (Å²) in [6, 6.07) is 2.16. The molecule has 0 radical (unpaired) electrons. The van der Waals surface area contributed by atoms with E-state index >= 15 is 0 Å². The van der Waals surface area contributed by atoms with Crippen molar-refractivity contribution in [3.63, 3.8) is 0 Å². The van der Waals surface area contributed by atoms with E-state index in [9.17, 15) is 0 Å². The highest BCUT2D eigenvalue weighted by Gasteiger charge is 2.39. The van der Waals surface area contributed by atoms with Crippen molar-refractivity contribution in [2.45, 2.75) is 71.0 Å². The molecular formula is C18H37N3. The average molecular weight is 296 g/mol. The van der Waals surface area contributed by atoms with Crippen LogP contribution in [0.4, 0.5) is 0 Å². The van der Waals surface area contributed by atoms with Gasteiger partial charge in [-0.15, -0.1) is 0 Å². The van der Waals surface area contributed by atoms with E-state index in [-0.39, 0.29) is 0 Å². The van der Waals surface area contributed by atoms with Gasteiger partial charge < -0.3 is 10.2 Å². The molecule has 1 saturated heterocycles. The van der Waals surface area contributed by atoms with Crippen LogP contribution in [-0.2, 0) is 0 Å². The van der Waals surface area contributed by atoms with Crippen molar-refractivity contribution in [1.82, 2.24) is 15.1 Å². The van der Waals surface area contributed by atoms with Crippen molar-refractivity contribution in [1.29, 1.82) is 0 Å². The number of rotatable bonds is 3. The molecule has 1 aliphatic carbocycles. The first-order valence-corrected chi connectivity index (χ1v) is 8.90. The lowest BCUT2D eigenvalue weighted by molar-refractivity contribution is 0.0330. The summed E-state index contributed by atoms with van der Waals surface area (Å²) in [7, 11) is 6.79. The van der Waals surface area contributed by atoms with Gasteiger partial charge in [-0.05, 0) is 77.7 Å². The van der Waals surface area contributed by atoms with Gasteiger partial charge in [0.05, 0.1) is 0 Å². The highest BCUT2D eigenvalue weighted by molar-refractivity contribution is 4.95. The summed E-state index contributed by atoms with van der Waals surface area (Å²) in [5.74, 6) is 0.862. The molecule has 0 spiro atoms. The molecule has 2 rings (SSSR count). The van der Waals surface area contributed by atoms with Crippen LogP contribution in [0.1, 0.15) is 52.9 Å². The van der Waals surface area contributed by atoms with Gasteiger partial charge >= 0.3 is 0 Å². The van der Waals surface area contributed by atoms with Crippen LogP contribution >= 0.6 is 0 Å². The number of nitrogens with one attached hydrogen (secondary N) is 1. The van der Waals surface area contributed by atoms with Gasteiger partial charge in [-0.1, -0.05) is 20.8 Å². The van der Waals surface area contributed by atoms with Gasteiger partial charge in [-0.2, -0.15) is 0 Å². The standard InChI is InChI=1S/C18H37N3/c1-18(2,3)14-7-8-16(19-4)17(13-14)21(6)15-9-11-20(5)12-10-15/h14-17,19H,7-13H2,1-6H3. The predicted molar refractivity (Wildman–Crippen MR) is 91.7 cm³/mol. The van der Waals surface area contributed by atoms with Gasteiger partial charge in [-0.25, -0.2) is 0 Å². The first kappa shape index (κ1) is 17.2. The van der Waals surface area contributed by atoms with Crippen molar-refractivity contribution < 1.29 is 0 Å². The molecule has 3 nitrogen and oxygen atoms in total. The maximum absolute atomic E-state index is 3.60. The lowest BCUT2D eigenvalue weighted by Gasteiger charge is -2.48. The van der Waals surface area contributed by atoms with Crippen LogP contribution in [0.2, 0.25) is 0 Å². The maximum Gasteiger partial charge on any atom is 0.0251 e. The number of piperidine rings is 1. The zero-order valence-electron chi connectivity index (χ0n) is 15.2. The second-order valence-electron chi connectivity index (χ2n) is 8.54. The highest BCUT2D eigenvalue weighted by atomic mass is 15.2. The molecular weight excluding hydrogens is 258 g/mol. The van der Waals surface area contributed by atoms with Crippen molar-refractivity contribution >= 4 is 0 Å². The molecule has 2 aliphatic rings. The fourth-order valence-electron chi connectivity index (χ4n) is 4.39. The van der Waals surface area contributed by atoms with Crippen molar-refractivity contribution in [2.75, 3.05) is 34.2 Å². The summed E-state index contributed by atoms with van der Waals surface area (Å²) in [4.78, 5) is 5.20. The van der Waals surface area contributed by atoms with E-state index in [1.165, 1.54) is 45.2 Å². The SMILES string of the molecule is CNC1CCC(C(C)(C)C)CC1N(C)C1CCN(C)CC1. The number of likely N-dealkylation sites (tertiary alicyclic amines) is 1. The van der Waals surface area contributed by atoms with Crippen LogP contribution in [0.3, 0.4) is 0 Å². The Labute approximate surface area is 132 Å². The molecule has 0 aromatic heterocycles. The minimum absolute atomic E-state index is 0.449. The molecule has 1 heterocycles. The van der Waals surface area contributed by atoms with E-state index in [1.807, 2.05) is 0 Å². The Hall–Kier alpha value is -0.120. The quantitative estimate of drug-likeness (QED) is 0.864. The van der Waals surface area contributed by atoms with E-state index in [2.05, 4.69) is 57.0 Å². The van der Waals surface area contributed by atoms with Crippen molar-refractivity contribution in [3.8, 4) is 0 Å². The first-order valence-electron chi connectivity index (χ1n) is 8.90. The molecule has 3 atom stereocenters. The molecule has 0 aromatic carbocycles. The van der Waals surface area contributed by atoms with E-state index in [1.54, 1.807) is 0 Å². The fraction of sp³-hybridized carbons (Fsp3) is 1.00. The molecule has 3 unspecified atom stereocenters. The van der Waals surface area contributed by atoms with Gasteiger partial charge in [-0.3, -0.25) is 4.90 Å². The first-order chi connectivity index (χ1) is 9.82. The van der Waals surface area contributed by atoms with Crippen LogP contribution < -0.4 is 5.32 Å². The van der Waals surface area contributed by atoms with Crippen molar-refractivity contribution in [2.24, 2.45) is 11.3 Å². The summed E-state index contributed by atoms with van der Waals surface area (Å²) in [5.41, 5.74) is 0.449. The highest BCUT2D eigenvalue weighted by Crippen LogP contribution is 2.40. The van der Waals surface area contributed by atoms with Crippen LogP contribution in [0.5, 0.6) is 0 Å². The van der Waals surface area contributed by atoms with Crippen molar-refractivity contribution in [3.05, 3.63) is 0 Å². The summed E-state index contributed by atoms with van der Waals surface area (Å²) < 4.78 is 0. The summed E-state index contributed by atoms with van der Waals surface area (Å²) in [6.45, 7) is 9.78. The van der Waals surface area contributed by atoms with Crippen LogP contribution in [0, 0.1) is 11.3 Å². The van der Waals surface area contributed by atoms with E-state index in [0.717, 1.165) is 12.0 Å². The predicted octanol–water partition coefficient (Wildman–Crippen LogP) is 2.82. The third-order valence-corrected chi connectivity index (χ3v) is 6.20. The number of likely N-dealkylation sites (N-methyl/N-ethyl adjacent to an activating group) is 2. The minimum Gasteiger partial charge on any atom is -0.315 e. The van der Waals surface area contributed by atoms with Crippen LogP contribution in [-0.4, -0.2) is 62.2 Å². The Morgan fingerprint density at radius 3 is 2.19 bits per heavy atom. The summed E-state index contributed by atoms with van der Waals surface area (Å²) in [6.07, 6.45) is 6.74. The zero-order chi connectivity index (χ0) is 15.6. The second-order valence-corrected chi connectivity index (χ2v) is 8.54. The molecule has 1 N–H and O–H groups in total. The smallest absolute Gasteiger partial charge is 0.0251 e. The molecule has 0 amide bonds. The number of hydrogen-bond donors (Lipinski definition) is 1. The Bertz CT molecular complexity index is 315. The van der Waals surface area contributed by atoms with Gasteiger partial charge in [0.15, 0.2) is 0 Å². The molecule has 0 bridgehead atoms. The maximum atomic E-state index is 3.60. The molecule has 124 valence electrons. The second kappa shape index (κ2) is 6.97. The normalized spacial score (nSPS) is 33.6. The average Bonchev–Trinajstić information content (AvgIpc) is 2.45. The molecule has 3 heteroatoms. The fourth-order valence-corrected chi connectivity index (χ4v) is 4.39. The number of nitrogens with zero attached hydrogens (tertiary/aromatic N) is 2. The van der Waals surface area contributed by atoms with Gasteiger partial charge in [0.2, 0.25) is 0 Å². The minimum atomic E-state index is 0.449. The van der Waals surface area contributed by atoms with Gasteiger partial charge in [0, 0.05) is 18.1 Å². The Morgan fingerprint density at radius 2 is 1.67 bits per heavy atom. The van der Waals surface area contributed by atoms with E-state index < -0.39 is 0 Å². The Morgan fingerprint density at radius 1 is 1.05 bits per heavy atom. The van der Waals surface area contributed by atoms with E-state index in [4.69, 9.17) is 0 Å². The monoisotopic (exact) mass is 295 g/mol. The summed E-state index contributed by atoms with van der Waals surface area (Å²) in [5, 5.41) is 3.60. The largest absolute Gasteiger partial charge is 0.315 e. The van der Waals surface area contributed by atoms with Gasteiger partial charge in [0.25, 0.3) is 0 Å². The number of hydrogen-bond acceptors (Lipinski definition) is 3. The third-order valence-electron chi connectivity index (χ3n) is 6.20. The molecule has 21 heavy (non-hydrogen) atoms. The molecule has 2 fully saturated rings. The third kappa shape index (κ3) is 4.20.